The fraction of sp³-hybridized carbons (Fsp3) is 0.400. The molecule has 112 valence electrons. The maximum absolute atomic E-state index is 12.3. The van der Waals surface area contributed by atoms with Crippen LogP contribution in [-0.4, -0.2) is 36.1 Å². The van der Waals surface area contributed by atoms with E-state index in [-0.39, 0.29) is 6.42 Å². The van der Waals surface area contributed by atoms with Gasteiger partial charge in [0.25, 0.3) is 12.1 Å². The quantitative estimate of drug-likeness (QED) is 0.615. The van der Waals surface area contributed by atoms with Gasteiger partial charge in [0.05, 0.1) is 5.69 Å². The van der Waals surface area contributed by atoms with Crippen LogP contribution >= 0.6 is 0 Å². The SMILES string of the molecule is CCCCC(=O)O[C@H]1C(=O)N(c2ccccc2)C(=O)N1C. The minimum Gasteiger partial charge on any atom is -0.432 e. The van der Waals surface area contributed by atoms with Crippen molar-refractivity contribution in [3.05, 3.63) is 30.3 Å². The summed E-state index contributed by atoms with van der Waals surface area (Å²) in [4.78, 5) is 38.3. The summed E-state index contributed by atoms with van der Waals surface area (Å²) in [5, 5.41) is 0. The number of carbonyl (C=O) groups excluding carboxylic acids is 3. The van der Waals surface area contributed by atoms with Crippen molar-refractivity contribution in [3.8, 4) is 0 Å². The van der Waals surface area contributed by atoms with Crippen LogP contribution in [0.5, 0.6) is 0 Å². The number of hydrogen-bond acceptors (Lipinski definition) is 4. The van der Waals surface area contributed by atoms with Gasteiger partial charge in [0, 0.05) is 13.5 Å². The van der Waals surface area contributed by atoms with Gasteiger partial charge in [-0.1, -0.05) is 31.5 Å². The van der Waals surface area contributed by atoms with Gasteiger partial charge in [0.1, 0.15) is 0 Å². The number of nitrogens with zero attached hydrogens (tertiary/aromatic N) is 2. The number of carbonyl (C=O) groups is 3. The summed E-state index contributed by atoms with van der Waals surface area (Å²) in [6.07, 6.45) is 0.619. The lowest BCUT2D eigenvalue weighted by molar-refractivity contribution is -0.159. The third-order valence-electron chi connectivity index (χ3n) is 3.27. The predicted octanol–water partition coefficient (Wildman–Crippen LogP) is 2.14. The third kappa shape index (κ3) is 3.04. The second-order valence-electron chi connectivity index (χ2n) is 4.85. The molecule has 1 aromatic rings. The Morgan fingerprint density at radius 1 is 1.24 bits per heavy atom. The first-order valence-corrected chi connectivity index (χ1v) is 6.91. The third-order valence-corrected chi connectivity index (χ3v) is 3.27. The molecule has 0 bridgehead atoms. The Bertz CT molecular complexity index is 544. The molecule has 0 saturated carbocycles. The molecular formula is C15H18N2O4. The van der Waals surface area contributed by atoms with Crippen LogP contribution in [0.3, 0.4) is 0 Å². The van der Waals surface area contributed by atoms with Crippen molar-refractivity contribution in [2.45, 2.75) is 32.4 Å². The number of unbranched alkanes of at least 4 members (excludes halogenated alkanes) is 1. The summed E-state index contributed by atoms with van der Waals surface area (Å²) in [5.74, 6) is -1.01. The van der Waals surface area contributed by atoms with E-state index < -0.39 is 24.1 Å². The van der Waals surface area contributed by atoms with Crippen LogP contribution in [0.15, 0.2) is 30.3 Å². The molecule has 1 saturated heterocycles. The van der Waals surface area contributed by atoms with Crippen molar-refractivity contribution in [2.24, 2.45) is 0 Å². The Morgan fingerprint density at radius 3 is 2.52 bits per heavy atom. The van der Waals surface area contributed by atoms with Crippen molar-refractivity contribution in [2.75, 3.05) is 11.9 Å². The highest BCUT2D eigenvalue weighted by molar-refractivity contribution is 6.21. The molecular weight excluding hydrogens is 272 g/mol. The van der Waals surface area contributed by atoms with Crippen molar-refractivity contribution < 1.29 is 19.1 Å². The number of hydrogen-bond donors (Lipinski definition) is 0. The zero-order valence-electron chi connectivity index (χ0n) is 12.1. The van der Waals surface area contributed by atoms with Crippen LogP contribution in [-0.2, 0) is 14.3 Å². The number of anilines is 1. The molecule has 6 nitrogen and oxygen atoms in total. The standard InChI is InChI=1S/C15H18N2O4/c1-3-4-10-12(18)21-14-13(19)17(15(20)16(14)2)11-8-6-5-7-9-11/h5-9,14H,3-4,10H2,1-2H3/t14-/m0/s1. The maximum Gasteiger partial charge on any atom is 0.334 e. The monoisotopic (exact) mass is 290 g/mol. The average Bonchev–Trinajstić information content (AvgIpc) is 2.70. The first-order valence-electron chi connectivity index (χ1n) is 6.91. The van der Waals surface area contributed by atoms with E-state index in [9.17, 15) is 14.4 Å². The van der Waals surface area contributed by atoms with Crippen molar-refractivity contribution in [1.29, 1.82) is 0 Å². The maximum atomic E-state index is 12.3. The van der Waals surface area contributed by atoms with Gasteiger partial charge in [-0.2, -0.15) is 0 Å². The minimum atomic E-state index is -1.18. The van der Waals surface area contributed by atoms with E-state index in [4.69, 9.17) is 4.74 Å². The van der Waals surface area contributed by atoms with Gasteiger partial charge in [-0.05, 0) is 18.6 Å². The zero-order chi connectivity index (χ0) is 15.4. The number of ether oxygens (including phenoxy) is 1. The van der Waals surface area contributed by atoms with Crippen LogP contribution < -0.4 is 4.90 Å². The zero-order valence-corrected chi connectivity index (χ0v) is 12.1. The molecule has 6 heteroatoms. The van der Waals surface area contributed by atoms with Gasteiger partial charge in [-0.3, -0.25) is 14.5 Å². The van der Waals surface area contributed by atoms with E-state index in [1.807, 2.05) is 6.92 Å². The highest BCUT2D eigenvalue weighted by Gasteiger charge is 2.46. The number of imide groups is 1. The molecule has 0 unspecified atom stereocenters. The first kappa shape index (κ1) is 15.0. The molecule has 0 radical (unpaired) electrons. The van der Waals surface area contributed by atoms with Crippen molar-refractivity contribution in [1.82, 2.24) is 4.90 Å². The number of esters is 1. The number of amides is 3. The number of benzene rings is 1. The molecule has 1 aliphatic rings. The molecule has 1 aliphatic heterocycles. The molecule has 1 atom stereocenters. The average molecular weight is 290 g/mol. The predicted molar refractivity (Wildman–Crippen MR) is 76.5 cm³/mol. The van der Waals surface area contributed by atoms with Crippen LogP contribution in [0.2, 0.25) is 0 Å². The summed E-state index contributed by atoms with van der Waals surface area (Å²) >= 11 is 0. The molecule has 3 amide bonds. The first-order chi connectivity index (χ1) is 10.1. The Labute approximate surface area is 123 Å². The highest BCUT2D eigenvalue weighted by atomic mass is 16.6. The fourth-order valence-electron chi connectivity index (χ4n) is 2.08. The molecule has 1 heterocycles. The fourth-order valence-corrected chi connectivity index (χ4v) is 2.08. The normalized spacial score (nSPS) is 18.3. The Hall–Kier alpha value is -2.37. The molecule has 0 aromatic heterocycles. The molecule has 2 rings (SSSR count). The van der Waals surface area contributed by atoms with E-state index in [1.54, 1.807) is 30.3 Å². The van der Waals surface area contributed by atoms with Crippen molar-refractivity contribution >= 4 is 23.6 Å². The van der Waals surface area contributed by atoms with E-state index in [1.165, 1.54) is 7.05 Å². The molecule has 1 fully saturated rings. The summed E-state index contributed by atoms with van der Waals surface area (Å²) in [7, 11) is 1.45. The highest BCUT2D eigenvalue weighted by Crippen LogP contribution is 2.24. The summed E-state index contributed by atoms with van der Waals surface area (Å²) in [5.41, 5.74) is 0.464. The van der Waals surface area contributed by atoms with Crippen LogP contribution in [0.4, 0.5) is 10.5 Å². The number of urea groups is 1. The van der Waals surface area contributed by atoms with Gasteiger partial charge < -0.3 is 4.74 Å². The summed E-state index contributed by atoms with van der Waals surface area (Å²) in [6.45, 7) is 1.96. The Kier molecular flexibility index (Phi) is 4.57. The lowest BCUT2D eigenvalue weighted by Gasteiger charge is -2.16. The van der Waals surface area contributed by atoms with Crippen molar-refractivity contribution in [3.63, 3.8) is 0 Å². The molecule has 0 spiro atoms. The van der Waals surface area contributed by atoms with Crippen LogP contribution in [0.1, 0.15) is 26.2 Å². The van der Waals surface area contributed by atoms with E-state index in [2.05, 4.69) is 0 Å². The number of rotatable bonds is 5. The summed E-state index contributed by atoms with van der Waals surface area (Å²) < 4.78 is 5.14. The second-order valence-corrected chi connectivity index (χ2v) is 4.85. The van der Waals surface area contributed by atoms with Gasteiger partial charge in [0.15, 0.2) is 0 Å². The van der Waals surface area contributed by atoms with Crippen LogP contribution in [0.25, 0.3) is 0 Å². The molecule has 21 heavy (non-hydrogen) atoms. The number of likely N-dealkylation sites (N-methyl/N-ethyl adjacent to an activating group) is 1. The Balaban J connectivity index is 2.13. The number of para-hydroxylation sites is 1. The minimum absolute atomic E-state index is 0.244. The van der Waals surface area contributed by atoms with E-state index in [0.717, 1.165) is 16.2 Å². The van der Waals surface area contributed by atoms with Crippen LogP contribution in [0, 0.1) is 0 Å². The second kappa shape index (κ2) is 6.39. The van der Waals surface area contributed by atoms with Gasteiger partial charge >= 0.3 is 12.0 Å². The van der Waals surface area contributed by atoms with E-state index in [0.29, 0.717) is 12.1 Å². The Morgan fingerprint density at radius 2 is 1.90 bits per heavy atom. The molecule has 1 aromatic carbocycles. The lowest BCUT2D eigenvalue weighted by atomic mass is 10.2. The lowest BCUT2D eigenvalue weighted by Crippen LogP contribution is -2.36. The van der Waals surface area contributed by atoms with Gasteiger partial charge in [-0.15, -0.1) is 0 Å². The summed E-state index contributed by atoms with van der Waals surface area (Å²) in [6, 6.07) is 8.07. The van der Waals surface area contributed by atoms with Gasteiger partial charge in [-0.25, -0.2) is 9.69 Å². The largest absolute Gasteiger partial charge is 0.432 e. The molecule has 0 aliphatic carbocycles. The van der Waals surface area contributed by atoms with E-state index >= 15 is 0 Å². The topological polar surface area (TPSA) is 66.9 Å². The smallest absolute Gasteiger partial charge is 0.334 e. The van der Waals surface area contributed by atoms with Gasteiger partial charge in [0.2, 0.25) is 0 Å². The molecule has 0 N–H and O–H groups in total.